The molecule has 31 rings (SSSR count). The molecule has 124 heavy (non-hydrogen) atoms. The Morgan fingerprint density at radius 3 is 0.605 bits per heavy atom. The van der Waals surface area contributed by atoms with Gasteiger partial charge in [0.1, 0.15) is 67.0 Å². The van der Waals surface area contributed by atoms with Crippen molar-refractivity contribution < 1.29 is 26.5 Å². The summed E-state index contributed by atoms with van der Waals surface area (Å²) in [5.74, 6) is 0. The van der Waals surface area contributed by atoms with Crippen molar-refractivity contribution in [2.45, 2.75) is 0 Å². The fourth-order valence-corrected chi connectivity index (χ4v) is 21.8. The number of hydrogen-bond donors (Lipinski definition) is 0. The van der Waals surface area contributed by atoms with Gasteiger partial charge in [0.2, 0.25) is 0 Å². The van der Waals surface area contributed by atoms with Crippen LogP contribution in [-0.4, -0.2) is 0 Å². The molecule has 0 saturated carbocycles. The molecule has 0 spiro atoms. The van der Waals surface area contributed by atoms with Crippen molar-refractivity contribution in [3.8, 4) is 0 Å². The van der Waals surface area contributed by atoms with Crippen molar-refractivity contribution in [3.63, 3.8) is 0 Å². The van der Waals surface area contributed by atoms with E-state index < -0.39 is 0 Å². The molecule has 0 radical (unpaired) electrons. The quantitative estimate of drug-likeness (QED) is 0.111. The van der Waals surface area contributed by atoms with Crippen molar-refractivity contribution in [3.05, 3.63) is 376 Å². The molecule has 0 aliphatic heterocycles. The van der Waals surface area contributed by atoms with Crippen LogP contribution in [0.5, 0.6) is 0 Å². The van der Waals surface area contributed by atoms with E-state index in [9.17, 15) is 0 Å². The van der Waals surface area contributed by atoms with Crippen LogP contribution in [0, 0.1) is 0 Å². The molecule has 0 saturated heterocycles. The van der Waals surface area contributed by atoms with Crippen LogP contribution in [0.25, 0.3) is 304 Å². The van der Waals surface area contributed by atoms with Crippen LogP contribution in [0.15, 0.2) is 403 Å². The van der Waals surface area contributed by atoms with Crippen molar-refractivity contribution in [1.29, 1.82) is 0 Å². The Balaban J connectivity index is 0.0000000937. The molecule has 0 aliphatic rings. The first-order valence-electron chi connectivity index (χ1n) is 42.4. The molecular weight excluding hydrogens is 1510 g/mol. The largest absolute Gasteiger partial charge is 0.456 e. The molecule has 0 aliphatic carbocycles. The van der Waals surface area contributed by atoms with Gasteiger partial charge in [-0.15, -0.1) is 0 Å². The van der Waals surface area contributed by atoms with Gasteiger partial charge in [-0.25, -0.2) is 0 Å². The highest BCUT2D eigenvalue weighted by molar-refractivity contribution is 6.45. The second-order valence-electron chi connectivity index (χ2n) is 33.8. The standard InChI is InChI=1S/2C42H22O2.C34H18O2/c1-3-9-25-21-33-27(19-23(25)7-1)15-17-31-37-29-11-6-14-36-40(29)38(30-12-5-13-35(39(30)37)43-41(31)33)32-18-16-28-20-24-8-2-4-10-26(24)22-34(28)42(32)44-36;1-3-9-25-17-29-21-37-33(19-27(29)15-23(25)7-1)39-31-11-5-14-36-42(31)40(32-12-6-13-35(43-37)41(32)39)34-20-28-16-24-8-2-4-10-26(24)18-30(28)22-38(34)44-36;1-3-9-21-19(7-1)15-17-25-29-23-11-6-14-28-32(23)30(24-12-5-13-27(31(24)29)35-33(21)25)26-18-16-20-8-2-4-10-22(20)34(26)36-28/h2*1-22H;1-18H. The molecule has 31 aromatic rings. The first kappa shape index (κ1) is 66.4. The summed E-state index contributed by atoms with van der Waals surface area (Å²) < 4.78 is 40.6. The molecule has 6 heterocycles. The minimum Gasteiger partial charge on any atom is -0.456 e. The Kier molecular flexibility index (Phi) is 13.2. The summed E-state index contributed by atoms with van der Waals surface area (Å²) in [6, 6.07) is 135. The Morgan fingerprint density at radius 2 is 0.306 bits per heavy atom. The second-order valence-corrected chi connectivity index (χ2v) is 33.8. The molecule has 0 atom stereocenters. The summed E-state index contributed by atoms with van der Waals surface area (Å²) in [4.78, 5) is 0. The van der Waals surface area contributed by atoms with Crippen LogP contribution >= 0.6 is 0 Å². The Hall–Kier alpha value is -16.5. The lowest BCUT2D eigenvalue weighted by molar-refractivity contribution is 0.661. The number of benzene rings is 25. The van der Waals surface area contributed by atoms with Gasteiger partial charge in [0, 0.05) is 118 Å². The molecule has 0 fully saturated rings. The normalized spacial score (nSPS) is 12.5. The summed E-state index contributed by atoms with van der Waals surface area (Å²) in [5, 5.41) is 52.0. The van der Waals surface area contributed by atoms with E-state index in [2.05, 4.69) is 376 Å². The molecule has 6 aromatic heterocycles. The van der Waals surface area contributed by atoms with Crippen molar-refractivity contribution in [1.82, 2.24) is 0 Å². The molecule has 6 heteroatoms. The molecule has 6 nitrogen and oxygen atoms in total. The average molecular weight is 1580 g/mol. The zero-order chi connectivity index (χ0) is 80.4. The number of fused-ring (bicyclic) bond motifs is 32. The van der Waals surface area contributed by atoms with Gasteiger partial charge in [0.05, 0.1) is 0 Å². The molecular formula is C118H62O6. The predicted octanol–water partition coefficient (Wildman–Crippen LogP) is 34.9. The summed E-state index contributed by atoms with van der Waals surface area (Å²) in [5.41, 5.74) is 10.9. The van der Waals surface area contributed by atoms with Gasteiger partial charge in [-0.1, -0.05) is 243 Å². The van der Waals surface area contributed by atoms with E-state index in [1.165, 1.54) is 162 Å². The SMILES string of the molecule is c1ccc2c(c1)ccc1c2oc2cccc3c2c1c1cccc2oc4c5ccccc5ccc4c3c21.c1ccc2cc3c(ccc4c3oc3cccc5c3c4c3cccc4oc6c7cc8ccccc8cc7ccc6c5c43)cc2c1.c1ccc2cc3cc4c(cc3cc2c1)oc1cccc2c1c4c1cccc3oc4cc5cc6ccccc6cc5cc4c2c31. The van der Waals surface area contributed by atoms with Crippen LogP contribution in [0.4, 0.5) is 0 Å². The number of hydrogen-bond acceptors (Lipinski definition) is 6. The molecule has 25 aromatic carbocycles. The number of rotatable bonds is 0. The molecule has 0 unspecified atom stereocenters. The lowest BCUT2D eigenvalue weighted by atomic mass is 9.89. The van der Waals surface area contributed by atoms with Crippen LogP contribution in [0.3, 0.4) is 0 Å². The lowest BCUT2D eigenvalue weighted by Crippen LogP contribution is -1.91. The van der Waals surface area contributed by atoms with Gasteiger partial charge in [-0.2, -0.15) is 0 Å². The van der Waals surface area contributed by atoms with Crippen LogP contribution in [0.2, 0.25) is 0 Å². The summed E-state index contributed by atoms with van der Waals surface area (Å²) >= 11 is 0. The maximum atomic E-state index is 6.88. The van der Waals surface area contributed by atoms with E-state index in [0.29, 0.717) is 0 Å². The second kappa shape index (κ2) is 24.6. The Labute approximate surface area is 701 Å². The van der Waals surface area contributed by atoms with Crippen molar-refractivity contribution in [2.75, 3.05) is 0 Å². The van der Waals surface area contributed by atoms with E-state index in [-0.39, 0.29) is 0 Å². The van der Waals surface area contributed by atoms with E-state index in [1.54, 1.807) is 0 Å². The van der Waals surface area contributed by atoms with Gasteiger partial charge in [-0.3, -0.25) is 0 Å². The highest BCUT2D eigenvalue weighted by Crippen LogP contribution is 2.53. The third-order valence-electron chi connectivity index (χ3n) is 27.2. The van der Waals surface area contributed by atoms with Crippen LogP contribution in [0.1, 0.15) is 0 Å². The van der Waals surface area contributed by atoms with Gasteiger partial charge >= 0.3 is 0 Å². The minimum atomic E-state index is 0.892. The average Bonchev–Trinajstić information content (AvgIpc) is 0.696. The maximum absolute atomic E-state index is 6.88. The van der Waals surface area contributed by atoms with Gasteiger partial charge in [0.15, 0.2) is 0 Å². The van der Waals surface area contributed by atoms with Crippen molar-refractivity contribution >= 4 is 304 Å². The third kappa shape index (κ3) is 9.21. The van der Waals surface area contributed by atoms with Crippen LogP contribution in [-0.2, 0) is 0 Å². The first-order chi connectivity index (χ1) is 61.4. The monoisotopic (exact) mass is 1570 g/mol. The topological polar surface area (TPSA) is 78.8 Å². The van der Waals surface area contributed by atoms with Crippen LogP contribution < -0.4 is 0 Å². The van der Waals surface area contributed by atoms with Gasteiger partial charge < -0.3 is 26.5 Å². The zero-order valence-corrected chi connectivity index (χ0v) is 66.2. The maximum Gasteiger partial charge on any atom is 0.143 e. The highest BCUT2D eigenvalue weighted by atomic mass is 16.3. The Bertz CT molecular complexity index is 9620. The van der Waals surface area contributed by atoms with Gasteiger partial charge in [0.25, 0.3) is 0 Å². The fraction of sp³-hybridized carbons (Fsp3) is 0. The summed E-state index contributed by atoms with van der Waals surface area (Å²) in [7, 11) is 0. The molecule has 0 N–H and O–H groups in total. The van der Waals surface area contributed by atoms with E-state index in [0.717, 1.165) is 142 Å². The smallest absolute Gasteiger partial charge is 0.143 e. The summed E-state index contributed by atoms with van der Waals surface area (Å²) in [6.07, 6.45) is 0. The van der Waals surface area contributed by atoms with E-state index >= 15 is 0 Å². The van der Waals surface area contributed by atoms with E-state index in [1.807, 2.05) is 0 Å². The Morgan fingerprint density at radius 1 is 0.0968 bits per heavy atom. The van der Waals surface area contributed by atoms with Crippen molar-refractivity contribution in [2.24, 2.45) is 0 Å². The fourth-order valence-electron chi connectivity index (χ4n) is 21.8. The predicted molar refractivity (Wildman–Crippen MR) is 523 cm³/mol. The summed E-state index contributed by atoms with van der Waals surface area (Å²) in [6.45, 7) is 0. The first-order valence-corrected chi connectivity index (χ1v) is 42.4. The van der Waals surface area contributed by atoms with Gasteiger partial charge in [-0.05, 0) is 252 Å². The molecule has 0 bridgehead atoms. The zero-order valence-electron chi connectivity index (χ0n) is 66.2. The lowest BCUT2D eigenvalue weighted by Gasteiger charge is -2.18. The van der Waals surface area contributed by atoms with E-state index in [4.69, 9.17) is 26.5 Å². The highest BCUT2D eigenvalue weighted by Gasteiger charge is 2.27. The molecule has 570 valence electrons. The minimum absolute atomic E-state index is 0.892. The third-order valence-corrected chi connectivity index (χ3v) is 27.2. The molecule has 0 amide bonds.